The topological polar surface area (TPSA) is 85.8 Å². The van der Waals surface area contributed by atoms with Crippen LogP contribution in [0.5, 0.6) is 0 Å². The normalized spacial score (nSPS) is 11.9. The summed E-state index contributed by atoms with van der Waals surface area (Å²) in [5.41, 5.74) is 3.60. The number of Topliss-reactive ketones (excluding diaryl/α,β-unsaturated/α-hetero) is 1. The molecule has 0 aliphatic carbocycles. The van der Waals surface area contributed by atoms with Crippen molar-refractivity contribution in [3.63, 3.8) is 0 Å². The molecule has 0 saturated carbocycles. The summed E-state index contributed by atoms with van der Waals surface area (Å²) >= 11 is 0. The molecular weight excluding hydrogens is 418 g/mol. The third-order valence-electron chi connectivity index (χ3n) is 5.66. The number of carboxylic acid groups (broad SMARTS) is 1. The molecule has 0 bridgehead atoms. The first-order valence-corrected chi connectivity index (χ1v) is 11.1. The summed E-state index contributed by atoms with van der Waals surface area (Å²) < 4.78 is 7.69. The first kappa shape index (κ1) is 24.1. The second kappa shape index (κ2) is 11.4. The van der Waals surface area contributed by atoms with Crippen LogP contribution in [0, 0.1) is 12.5 Å². The fourth-order valence-electron chi connectivity index (χ4n) is 4.06. The van der Waals surface area contributed by atoms with Crippen molar-refractivity contribution in [1.29, 1.82) is 0 Å². The average molecular weight is 448 g/mol. The van der Waals surface area contributed by atoms with Gasteiger partial charge in [-0.25, -0.2) is 9.83 Å². The Morgan fingerprint density at radius 3 is 2.67 bits per heavy atom. The Kier molecular flexibility index (Phi) is 8.34. The van der Waals surface area contributed by atoms with Crippen LogP contribution in [0.3, 0.4) is 0 Å². The smallest absolute Gasteiger partial charge is 0.303 e. The molecule has 0 fully saturated rings. The molecule has 3 aromatic rings. The van der Waals surface area contributed by atoms with Crippen molar-refractivity contribution in [2.24, 2.45) is 13.0 Å². The van der Waals surface area contributed by atoms with E-state index in [0.717, 1.165) is 24.1 Å². The molecule has 0 aliphatic heterocycles. The fraction of sp³-hybridized carbons (Fsp3) is 0.385. The molecule has 2 heterocycles. The highest BCUT2D eigenvalue weighted by Gasteiger charge is 2.24. The van der Waals surface area contributed by atoms with Crippen LogP contribution in [0.15, 0.2) is 42.6 Å². The number of carbonyl (C=O) groups is 2. The van der Waals surface area contributed by atoms with Gasteiger partial charge in [0.1, 0.15) is 5.65 Å². The second-order valence-electron chi connectivity index (χ2n) is 8.38. The number of carboxylic acids is 1. The van der Waals surface area contributed by atoms with Gasteiger partial charge in [-0.3, -0.25) is 9.59 Å². The molecule has 0 radical (unpaired) electrons. The number of rotatable bonds is 12. The molecule has 0 saturated heterocycles. The van der Waals surface area contributed by atoms with E-state index in [1.165, 1.54) is 6.20 Å². The number of aromatic nitrogens is 2. The van der Waals surface area contributed by atoms with E-state index >= 15 is 0 Å². The summed E-state index contributed by atoms with van der Waals surface area (Å²) in [4.78, 5) is 32.1. The number of nitrogens with zero attached hydrogens (tertiary/aromatic N) is 3. The van der Waals surface area contributed by atoms with Crippen LogP contribution in [0.1, 0.15) is 54.2 Å². The summed E-state index contributed by atoms with van der Waals surface area (Å²) in [6.45, 7) is 10.3. The van der Waals surface area contributed by atoms with Crippen molar-refractivity contribution in [2.75, 3.05) is 6.61 Å². The lowest BCUT2D eigenvalue weighted by Gasteiger charge is -2.11. The van der Waals surface area contributed by atoms with E-state index in [9.17, 15) is 9.59 Å². The van der Waals surface area contributed by atoms with Crippen LogP contribution in [-0.2, 0) is 29.6 Å². The third kappa shape index (κ3) is 6.27. The van der Waals surface area contributed by atoms with Crippen LogP contribution in [0.2, 0.25) is 0 Å². The van der Waals surface area contributed by atoms with E-state index < -0.39 is 5.97 Å². The van der Waals surface area contributed by atoms with Crippen LogP contribution in [-0.4, -0.2) is 33.0 Å². The number of ether oxygens (including phenoxy) is 1. The Balaban J connectivity index is 1.73. The van der Waals surface area contributed by atoms with Crippen LogP contribution in [0.25, 0.3) is 15.9 Å². The predicted octanol–water partition coefficient (Wildman–Crippen LogP) is 5.35. The Bertz CT molecular complexity index is 1160. The number of hydrogen-bond acceptors (Lipinski definition) is 4. The number of aryl methyl sites for hydroxylation is 1. The fourth-order valence-corrected chi connectivity index (χ4v) is 4.06. The lowest BCUT2D eigenvalue weighted by Crippen LogP contribution is -2.12. The summed E-state index contributed by atoms with van der Waals surface area (Å²) in [6, 6.07) is 11.7. The summed E-state index contributed by atoms with van der Waals surface area (Å²) in [5, 5.41) is 9.72. The largest absolute Gasteiger partial charge is 0.481 e. The molecule has 0 amide bonds. The van der Waals surface area contributed by atoms with Gasteiger partial charge in [0.05, 0.1) is 13.2 Å². The molecule has 33 heavy (non-hydrogen) atoms. The minimum atomic E-state index is -0.916. The average Bonchev–Trinajstić information content (AvgIpc) is 3.07. The van der Waals surface area contributed by atoms with Gasteiger partial charge in [0.15, 0.2) is 5.78 Å². The van der Waals surface area contributed by atoms with E-state index in [1.54, 1.807) is 13.0 Å². The number of benzene rings is 1. The standard InChI is InChI=1S/C26H29N3O4/c1-18(14-24(31)32)13-23(30)25-21-15-20(27-2)16-28-26(21)29(3)22(25)11-7-8-12-33-17-19-9-5-4-6-10-19/h4-6,9-10,15-16,18H,7-8,11-14,17H2,1,3H3,(H,31,32). The quantitative estimate of drug-likeness (QED) is 0.230. The second-order valence-corrected chi connectivity index (χ2v) is 8.38. The number of unbranched alkanes of at least 4 members (excludes halogenated alkanes) is 1. The van der Waals surface area contributed by atoms with E-state index in [1.807, 2.05) is 41.9 Å². The Labute approximate surface area is 193 Å². The number of ketones is 1. The molecule has 3 rings (SSSR count). The van der Waals surface area contributed by atoms with Gasteiger partial charge in [-0.15, -0.1) is 0 Å². The van der Waals surface area contributed by atoms with Crippen molar-refractivity contribution in [3.8, 4) is 0 Å². The maximum Gasteiger partial charge on any atom is 0.303 e. The Morgan fingerprint density at radius 2 is 1.97 bits per heavy atom. The monoisotopic (exact) mass is 447 g/mol. The van der Waals surface area contributed by atoms with Crippen molar-refractivity contribution in [1.82, 2.24) is 9.55 Å². The van der Waals surface area contributed by atoms with Gasteiger partial charge in [0.25, 0.3) is 0 Å². The van der Waals surface area contributed by atoms with Crippen LogP contribution in [0.4, 0.5) is 5.69 Å². The molecule has 0 spiro atoms. The third-order valence-corrected chi connectivity index (χ3v) is 5.66. The van der Waals surface area contributed by atoms with Gasteiger partial charge in [-0.2, -0.15) is 0 Å². The number of fused-ring (bicyclic) bond motifs is 1. The Hall–Kier alpha value is -3.50. The van der Waals surface area contributed by atoms with Crippen molar-refractivity contribution >= 4 is 28.5 Å². The summed E-state index contributed by atoms with van der Waals surface area (Å²) in [5.74, 6) is -1.30. The highest BCUT2D eigenvalue weighted by molar-refractivity contribution is 6.09. The lowest BCUT2D eigenvalue weighted by molar-refractivity contribution is -0.137. The maximum atomic E-state index is 13.2. The Morgan fingerprint density at radius 1 is 1.21 bits per heavy atom. The molecular formula is C26H29N3O4. The van der Waals surface area contributed by atoms with Gasteiger partial charge in [0, 0.05) is 49.3 Å². The number of aliphatic carboxylic acids is 1. The molecule has 7 heteroatoms. The molecule has 1 aromatic carbocycles. The van der Waals surface area contributed by atoms with Gasteiger partial charge >= 0.3 is 5.97 Å². The molecule has 7 nitrogen and oxygen atoms in total. The summed E-state index contributed by atoms with van der Waals surface area (Å²) in [6.07, 6.45) is 3.94. The van der Waals surface area contributed by atoms with Gasteiger partial charge in [-0.05, 0) is 36.8 Å². The van der Waals surface area contributed by atoms with Gasteiger partial charge < -0.3 is 14.4 Å². The minimum Gasteiger partial charge on any atom is -0.481 e. The van der Waals surface area contributed by atoms with Crippen molar-refractivity contribution in [2.45, 2.75) is 45.6 Å². The lowest BCUT2D eigenvalue weighted by atomic mass is 9.94. The van der Waals surface area contributed by atoms with Crippen molar-refractivity contribution in [3.05, 3.63) is 70.8 Å². The van der Waals surface area contributed by atoms with E-state index in [2.05, 4.69) is 9.83 Å². The minimum absolute atomic E-state index is 0.0594. The van der Waals surface area contributed by atoms with Crippen molar-refractivity contribution < 1.29 is 19.4 Å². The summed E-state index contributed by atoms with van der Waals surface area (Å²) in [7, 11) is 1.88. The van der Waals surface area contributed by atoms with E-state index in [0.29, 0.717) is 41.9 Å². The highest BCUT2D eigenvalue weighted by atomic mass is 16.5. The number of hydrogen-bond donors (Lipinski definition) is 1. The van der Waals surface area contributed by atoms with Gasteiger partial charge in [-0.1, -0.05) is 37.3 Å². The molecule has 172 valence electrons. The molecule has 0 aliphatic rings. The predicted molar refractivity (Wildman–Crippen MR) is 126 cm³/mol. The number of pyridine rings is 1. The zero-order valence-corrected chi connectivity index (χ0v) is 19.1. The van der Waals surface area contributed by atoms with Crippen LogP contribution >= 0.6 is 0 Å². The van der Waals surface area contributed by atoms with E-state index in [4.69, 9.17) is 16.4 Å². The molecule has 1 N–H and O–H groups in total. The van der Waals surface area contributed by atoms with Crippen LogP contribution < -0.4 is 0 Å². The SMILES string of the molecule is [C-]#[N+]c1cnc2c(c1)c(C(=O)CC(C)CC(=O)O)c(CCCCOCc1ccccc1)n2C. The maximum absolute atomic E-state index is 13.2. The zero-order chi connectivity index (χ0) is 23.8. The molecule has 1 atom stereocenters. The molecule has 1 unspecified atom stereocenters. The first-order chi connectivity index (χ1) is 15.9. The van der Waals surface area contributed by atoms with E-state index in [-0.39, 0.29) is 24.5 Å². The number of carbonyl (C=O) groups excluding carboxylic acids is 1. The van der Waals surface area contributed by atoms with Gasteiger partial charge in [0.2, 0.25) is 5.69 Å². The zero-order valence-electron chi connectivity index (χ0n) is 19.1. The first-order valence-electron chi connectivity index (χ1n) is 11.1. The highest BCUT2D eigenvalue weighted by Crippen LogP contribution is 2.30. The molecule has 2 aromatic heterocycles.